The quantitative estimate of drug-likeness (QED) is 0.276. The van der Waals surface area contributed by atoms with E-state index in [9.17, 15) is 4.79 Å². The summed E-state index contributed by atoms with van der Waals surface area (Å²) in [6, 6.07) is 3.89. The maximum Gasteiger partial charge on any atom is 0.220 e. The molecule has 1 saturated heterocycles. The van der Waals surface area contributed by atoms with Crippen LogP contribution in [0, 0.1) is 5.92 Å². The molecule has 0 atom stereocenters. The zero-order valence-electron chi connectivity index (χ0n) is 15.8. The molecule has 1 aliphatic rings. The fourth-order valence-electron chi connectivity index (χ4n) is 2.94. The number of furan rings is 1. The minimum absolute atomic E-state index is 0. The van der Waals surface area contributed by atoms with Crippen LogP contribution in [-0.2, 0) is 11.2 Å². The number of hydrogen-bond acceptors (Lipinski definition) is 3. The fraction of sp³-hybridized carbons (Fsp3) is 0.579. The van der Waals surface area contributed by atoms with Crippen LogP contribution >= 0.6 is 24.0 Å². The van der Waals surface area contributed by atoms with Gasteiger partial charge in [0.1, 0.15) is 5.76 Å². The van der Waals surface area contributed by atoms with Crippen molar-refractivity contribution >= 4 is 35.8 Å². The predicted octanol–water partition coefficient (Wildman–Crippen LogP) is 2.81. The molecular formula is C19H31IN4O2. The van der Waals surface area contributed by atoms with Crippen LogP contribution in [0.3, 0.4) is 0 Å². The summed E-state index contributed by atoms with van der Waals surface area (Å²) in [6.45, 7) is 9.17. The first-order valence-electron chi connectivity index (χ1n) is 8.99. The second-order valence-corrected chi connectivity index (χ2v) is 6.66. The Morgan fingerprint density at radius 1 is 1.42 bits per heavy atom. The van der Waals surface area contributed by atoms with E-state index in [0.717, 1.165) is 56.2 Å². The van der Waals surface area contributed by atoms with Crippen molar-refractivity contribution < 1.29 is 9.21 Å². The Hall–Kier alpha value is -1.51. The van der Waals surface area contributed by atoms with Crippen LogP contribution < -0.4 is 10.6 Å². The topological polar surface area (TPSA) is 69.9 Å². The molecule has 146 valence electrons. The second kappa shape index (κ2) is 12.0. The lowest BCUT2D eigenvalue weighted by molar-refractivity contribution is -0.121. The monoisotopic (exact) mass is 474 g/mol. The number of nitrogens with one attached hydrogen (secondary N) is 2. The van der Waals surface area contributed by atoms with Crippen LogP contribution in [0.25, 0.3) is 0 Å². The number of carbonyl (C=O) groups is 1. The molecule has 0 radical (unpaired) electrons. The minimum atomic E-state index is 0. The smallest absolute Gasteiger partial charge is 0.220 e. The number of hydrogen-bond donors (Lipinski definition) is 2. The van der Waals surface area contributed by atoms with Gasteiger partial charge < -0.3 is 20.0 Å². The summed E-state index contributed by atoms with van der Waals surface area (Å²) < 4.78 is 5.38. The number of carbonyl (C=O) groups excluding carboxylic acids is 1. The van der Waals surface area contributed by atoms with Crippen LogP contribution in [0.15, 0.2) is 40.0 Å². The molecule has 26 heavy (non-hydrogen) atoms. The average Bonchev–Trinajstić information content (AvgIpc) is 3.12. The summed E-state index contributed by atoms with van der Waals surface area (Å²) in [5.74, 6) is 2.48. The van der Waals surface area contributed by atoms with Gasteiger partial charge in [0.05, 0.1) is 12.8 Å². The molecule has 2 heterocycles. The summed E-state index contributed by atoms with van der Waals surface area (Å²) in [5.41, 5.74) is 1.04. The highest BCUT2D eigenvalue weighted by molar-refractivity contribution is 14.0. The summed E-state index contributed by atoms with van der Waals surface area (Å²) in [4.78, 5) is 18.5. The van der Waals surface area contributed by atoms with Gasteiger partial charge in [0.25, 0.3) is 0 Å². The minimum Gasteiger partial charge on any atom is -0.469 e. The number of aliphatic imine (C=N–C) groups is 1. The lowest BCUT2D eigenvalue weighted by Gasteiger charge is -2.34. The highest BCUT2D eigenvalue weighted by Gasteiger charge is 2.23. The van der Waals surface area contributed by atoms with E-state index in [1.807, 2.05) is 19.1 Å². The van der Waals surface area contributed by atoms with Crippen molar-refractivity contribution in [3.8, 4) is 0 Å². The Balaban J connectivity index is 0.00000338. The third-order valence-electron chi connectivity index (χ3n) is 4.40. The van der Waals surface area contributed by atoms with Crippen LogP contribution in [0.1, 0.15) is 31.9 Å². The van der Waals surface area contributed by atoms with Gasteiger partial charge in [0.2, 0.25) is 5.91 Å². The third kappa shape index (κ3) is 7.80. The standard InChI is InChI=1S/C19H30N4O2.HI/c1-15(2)14-22-19(21-9-6-17-5-4-12-25-17)23-10-7-16(8-11-23)13-18(24)20-3;/h4-5,12,16H,1,6-11,13-14H2,2-3H3,(H,20,24)(H,21,22);1H. The van der Waals surface area contributed by atoms with E-state index in [0.29, 0.717) is 18.9 Å². The van der Waals surface area contributed by atoms with Crippen molar-refractivity contribution in [3.63, 3.8) is 0 Å². The number of guanidine groups is 1. The molecule has 1 fully saturated rings. The first-order chi connectivity index (χ1) is 12.1. The van der Waals surface area contributed by atoms with Crippen LogP contribution in [0.2, 0.25) is 0 Å². The summed E-state index contributed by atoms with van der Waals surface area (Å²) in [7, 11) is 1.70. The molecule has 0 saturated carbocycles. The summed E-state index contributed by atoms with van der Waals surface area (Å²) in [5, 5.41) is 6.16. The molecule has 0 bridgehead atoms. The normalized spacial score (nSPS) is 15.3. The number of rotatable bonds is 7. The van der Waals surface area contributed by atoms with E-state index in [4.69, 9.17) is 4.42 Å². The maximum absolute atomic E-state index is 11.5. The molecule has 1 aromatic heterocycles. The number of nitrogens with zero attached hydrogens (tertiary/aromatic N) is 2. The Kier molecular flexibility index (Phi) is 10.4. The van der Waals surface area contributed by atoms with E-state index >= 15 is 0 Å². The highest BCUT2D eigenvalue weighted by atomic mass is 127. The van der Waals surface area contributed by atoms with E-state index in [2.05, 4.69) is 27.1 Å². The van der Waals surface area contributed by atoms with Gasteiger partial charge in [-0.25, -0.2) is 4.99 Å². The van der Waals surface area contributed by atoms with Crippen LogP contribution in [0.5, 0.6) is 0 Å². The molecule has 0 unspecified atom stereocenters. The van der Waals surface area contributed by atoms with Gasteiger partial charge in [-0.2, -0.15) is 0 Å². The Labute approximate surface area is 173 Å². The largest absolute Gasteiger partial charge is 0.469 e. The van der Waals surface area contributed by atoms with Crippen molar-refractivity contribution in [1.29, 1.82) is 0 Å². The molecule has 2 N–H and O–H groups in total. The van der Waals surface area contributed by atoms with Gasteiger partial charge in [0.15, 0.2) is 5.96 Å². The first-order valence-corrected chi connectivity index (χ1v) is 8.99. The van der Waals surface area contributed by atoms with Crippen molar-refractivity contribution in [2.45, 2.75) is 32.6 Å². The van der Waals surface area contributed by atoms with Crippen molar-refractivity contribution in [2.75, 3.05) is 33.2 Å². The average molecular weight is 474 g/mol. The molecule has 0 spiro atoms. The van der Waals surface area contributed by atoms with Crippen molar-refractivity contribution in [3.05, 3.63) is 36.3 Å². The fourth-order valence-corrected chi connectivity index (χ4v) is 2.94. The number of likely N-dealkylation sites (tertiary alicyclic amines) is 1. The van der Waals surface area contributed by atoms with Crippen molar-refractivity contribution in [2.24, 2.45) is 10.9 Å². The van der Waals surface area contributed by atoms with Crippen LogP contribution in [-0.4, -0.2) is 50.0 Å². The maximum atomic E-state index is 11.5. The molecule has 1 amide bonds. The summed E-state index contributed by atoms with van der Waals surface area (Å²) >= 11 is 0. The van der Waals surface area contributed by atoms with Gasteiger partial charge in [-0.1, -0.05) is 12.2 Å². The molecule has 1 aromatic rings. The third-order valence-corrected chi connectivity index (χ3v) is 4.40. The Bertz CT molecular complexity index is 578. The van der Waals surface area contributed by atoms with Gasteiger partial charge in [0, 0.05) is 39.5 Å². The summed E-state index contributed by atoms with van der Waals surface area (Å²) in [6.07, 6.45) is 5.17. The number of piperidine rings is 1. The molecule has 0 aromatic carbocycles. The van der Waals surface area contributed by atoms with Gasteiger partial charge in [-0.15, -0.1) is 24.0 Å². The molecule has 1 aliphatic heterocycles. The lowest BCUT2D eigenvalue weighted by Crippen LogP contribution is -2.46. The zero-order valence-corrected chi connectivity index (χ0v) is 18.1. The van der Waals surface area contributed by atoms with E-state index in [-0.39, 0.29) is 29.9 Å². The molecular weight excluding hydrogens is 443 g/mol. The first kappa shape index (κ1) is 22.5. The molecule has 2 rings (SSSR count). The number of amides is 1. The Morgan fingerprint density at radius 3 is 2.73 bits per heavy atom. The number of halogens is 1. The lowest BCUT2D eigenvalue weighted by atomic mass is 9.93. The Morgan fingerprint density at radius 2 is 2.15 bits per heavy atom. The van der Waals surface area contributed by atoms with E-state index < -0.39 is 0 Å². The predicted molar refractivity (Wildman–Crippen MR) is 116 cm³/mol. The van der Waals surface area contributed by atoms with Gasteiger partial charge in [-0.3, -0.25) is 4.79 Å². The SMILES string of the molecule is C=C(C)CN=C(NCCc1ccco1)N1CCC(CC(=O)NC)CC1.I. The highest BCUT2D eigenvalue weighted by Crippen LogP contribution is 2.20. The van der Waals surface area contributed by atoms with E-state index in [1.165, 1.54) is 0 Å². The van der Waals surface area contributed by atoms with Gasteiger partial charge >= 0.3 is 0 Å². The zero-order chi connectivity index (χ0) is 18.1. The molecule has 6 nitrogen and oxygen atoms in total. The van der Waals surface area contributed by atoms with Crippen molar-refractivity contribution in [1.82, 2.24) is 15.5 Å². The molecule has 0 aliphatic carbocycles. The van der Waals surface area contributed by atoms with Gasteiger partial charge in [-0.05, 0) is 37.8 Å². The van der Waals surface area contributed by atoms with Crippen LogP contribution in [0.4, 0.5) is 0 Å². The van der Waals surface area contributed by atoms with E-state index in [1.54, 1.807) is 13.3 Å². The second-order valence-electron chi connectivity index (χ2n) is 6.66. The molecule has 7 heteroatoms.